The fourth-order valence-corrected chi connectivity index (χ4v) is 2.50. The van der Waals surface area contributed by atoms with Crippen LogP contribution >= 0.6 is 0 Å². The number of rotatable bonds is 4. The molecule has 2 N–H and O–H groups in total. The monoisotopic (exact) mass is 198 g/mol. The fourth-order valence-electron chi connectivity index (χ4n) is 2.50. The van der Waals surface area contributed by atoms with E-state index in [1.807, 2.05) is 0 Å². The van der Waals surface area contributed by atoms with Crippen molar-refractivity contribution in [2.75, 3.05) is 6.54 Å². The van der Waals surface area contributed by atoms with Crippen LogP contribution in [-0.2, 0) is 0 Å². The minimum Gasteiger partial charge on any atom is -0.327 e. The minimum atomic E-state index is 0.299. The summed E-state index contributed by atoms with van der Waals surface area (Å²) in [4.78, 5) is 2.64. The van der Waals surface area contributed by atoms with Crippen molar-refractivity contribution in [3.63, 3.8) is 0 Å². The highest BCUT2D eigenvalue weighted by atomic mass is 15.2. The molecule has 1 heterocycles. The van der Waals surface area contributed by atoms with Gasteiger partial charge in [-0.25, -0.2) is 0 Å². The highest BCUT2D eigenvalue weighted by Gasteiger charge is 2.27. The van der Waals surface area contributed by atoms with E-state index in [9.17, 15) is 0 Å². The number of nitrogens with two attached hydrogens (primary N) is 1. The van der Waals surface area contributed by atoms with Crippen molar-refractivity contribution in [2.24, 2.45) is 5.73 Å². The van der Waals surface area contributed by atoms with Gasteiger partial charge in [0, 0.05) is 18.1 Å². The molecule has 14 heavy (non-hydrogen) atoms. The average Bonchev–Trinajstić information content (AvgIpc) is 2.18. The van der Waals surface area contributed by atoms with Crippen molar-refractivity contribution in [2.45, 2.75) is 71.0 Å². The molecule has 1 aliphatic rings. The topological polar surface area (TPSA) is 29.3 Å². The molecule has 0 amide bonds. The standard InChI is InChI=1S/C12H26N2/c1-4-7-12-8-5-6-9-14(12)11(3)10(2)13/h10-12H,4-9,13H2,1-3H3. The molecular weight excluding hydrogens is 172 g/mol. The van der Waals surface area contributed by atoms with Gasteiger partial charge in [0.15, 0.2) is 0 Å². The lowest BCUT2D eigenvalue weighted by Gasteiger charge is -2.41. The lowest BCUT2D eigenvalue weighted by molar-refractivity contribution is 0.0859. The van der Waals surface area contributed by atoms with Crippen molar-refractivity contribution in [1.29, 1.82) is 0 Å². The minimum absolute atomic E-state index is 0.299. The van der Waals surface area contributed by atoms with E-state index in [2.05, 4.69) is 25.7 Å². The fraction of sp³-hybridized carbons (Fsp3) is 1.00. The molecule has 2 heteroatoms. The molecule has 0 aliphatic carbocycles. The summed E-state index contributed by atoms with van der Waals surface area (Å²) in [6.07, 6.45) is 6.79. The molecule has 2 nitrogen and oxygen atoms in total. The van der Waals surface area contributed by atoms with Crippen LogP contribution in [0.5, 0.6) is 0 Å². The molecule has 1 rings (SSSR count). The van der Waals surface area contributed by atoms with Gasteiger partial charge in [-0.1, -0.05) is 19.8 Å². The van der Waals surface area contributed by atoms with E-state index < -0.39 is 0 Å². The van der Waals surface area contributed by atoms with Crippen molar-refractivity contribution >= 4 is 0 Å². The molecule has 0 bridgehead atoms. The first-order valence-electron chi connectivity index (χ1n) is 6.18. The Morgan fingerprint density at radius 3 is 2.64 bits per heavy atom. The first kappa shape index (κ1) is 12.0. The molecular formula is C12H26N2. The molecule has 3 atom stereocenters. The SMILES string of the molecule is CCCC1CCCCN1C(C)C(C)N. The van der Waals surface area contributed by atoms with Gasteiger partial charge in [0.25, 0.3) is 0 Å². The van der Waals surface area contributed by atoms with Crippen LogP contribution in [0.15, 0.2) is 0 Å². The summed E-state index contributed by atoms with van der Waals surface area (Å²) >= 11 is 0. The second-order valence-electron chi connectivity index (χ2n) is 4.78. The molecule has 0 aromatic heterocycles. The highest BCUT2D eigenvalue weighted by molar-refractivity contribution is 4.84. The van der Waals surface area contributed by atoms with Crippen LogP contribution in [-0.4, -0.2) is 29.6 Å². The molecule has 1 fully saturated rings. The van der Waals surface area contributed by atoms with Crippen LogP contribution in [0, 0.1) is 0 Å². The molecule has 0 saturated carbocycles. The Kier molecular flexibility index (Phi) is 4.90. The summed E-state index contributed by atoms with van der Waals surface area (Å²) in [5.74, 6) is 0. The Morgan fingerprint density at radius 2 is 2.07 bits per heavy atom. The van der Waals surface area contributed by atoms with Crippen molar-refractivity contribution in [3.05, 3.63) is 0 Å². The van der Waals surface area contributed by atoms with Gasteiger partial charge in [0.1, 0.15) is 0 Å². The summed E-state index contributed by atoms with van der Waals surface area (Å²) in [5.41, 5.74) is 5.98. The van der Waals surface area contributed by atoms with Crippen LogP contribution in [0.3, 0.4) is 0 Å². The Bertz CT molecular complexity index is 154. The molecule has 0 aromatic carbocycles. The zero-order valence-electron chi connectivity index (χ0n) is 10.00. The molecule has 1 aliphatic heterocycles. The number of nitrogens with zero attached hydrogens (tertiary/aromatic N) is 1. The third-order valence-corrected chi connectivity index (χ3v) is 3.58. The zero-order chi connectivity index (χ0) is 10.6. The lowest BCUT2D eigenvalue weighted by atomic mass is 9.95. The van der Waals surface area contributed by atoms with E-state index >= 15 is 0 Å². The van der Waals surface area contributed by atoms with Gasteiger partial charge in [-0.15, -0.1) is 0 Å². The van der Waals surface area contributed by atoms with E-state index in [1.165, 1.54) is 38.6 Å². The van der Waals surface area contributed by atoms with Crippen LogP contribution in [0.4, 0.5) is 0 Å². The smallest absolute Gasteiger partial charge is 0.0219 e. The van der Waals surface area contributed by atoms with Gasteiger partial charge in [0.05, 0.1) is 0 Å². The van der Waals surface area contributed by atoms with Crippen molar-refractivity contribution in [1.82, 2.24) is 4.90 Å². The van der Waals surface area contributed by atoms with Gasteiger partial charge in [-0.05, 0) is 39.7 Å². The average molecular weight is 198 g/mol. The molecule has 84 valence electrons. The van der Waals surface area contributed by atoms with Gasteiger partial charge >= 0.3 is 0 Å². The third kappa shape index (κ3) is 2.96. The highest BCUT2D eigenvalue weighted by Crippen LogP contribution is 2.23. The first-order chi connectivity index (χ1) is 6.66. The van der Waals surface area contributed by atoms with E-state index in [1.54, 1.807) is 0 Å². The summed E-state index contributed by atoms with van der Waals surface area (Å²) in [6, 6.07) is 1.65. The number of hydrogen-bond acceptors (Lipinski definition) is 2. The Balaban J connectivity index is 2.52. The summed E-state index contributed by atoms with van der Waals surface area (Å²) in [6.45, 7) is 7.94. The predicted molar refractivity (Wildman–Crippen MR) is 62.4 cm³/mol. The molecule has 3 unspecified atom stereocenters. The molecule has 1 saturated heterocycles. The Hall–Kier alpha value is -0.0800. The zero-order valence-corrected chi connectivity index (χ0v) is 10.00. The summed E-state index contributed by atoms with van der Waals surface area (Å²) < 4.78 is 0. The molecule has 0 aromatic rings. The number of piperidine rings is 1. The van der Waals surface area contributed by atoms with E-state index in [-0.39, 0.29) is 0 Å². The largest absolute Gasteiger partial charge is 0.327 e. The number of hydrogen-bond donors (Lipinski definition) is 1. The summed E-state index contributed by atoms with van der Waals surface area (Å²) in [7, 11) is 0. The normalized spacial score (nSPS) is 28.7. The Morgan fingerprint density at radius 1 is 1.36 bits per heavy atom. The van der Waals surface area contributed by atoms with Gasteiger partial charge in [0.2, 0.25) is 0 Å². The van der Waals surface area contributed by atoms with Crippen molar-refractivity contribution in [3.8, 4) is 0 Å². The van der Waals surface area contributed by atoms with E-state index in [0.29, 0.717) is 12.1 Å². The summed E-state index contributed by atoms with van der Waals surface area (Å²) in [5, 5.41) is 0. The van der Waals surface area contributed by atoms with E-state index in [0.717, 1.165) is 6.04 Å². The van der Waals surface area contributed by atoms with Crippen LogP contribution < -0.4 is 5.73 Å². The first-order valence-corrected chi connectivity index (χ1v) is 6.18. The van der Waals surface area contributed by atoms with Gasteiger partial charge in [-0.3, -0.25) is 4.90 Å². The van der Waals surface area contributed by atoms with E-state index in [4.69, 9.17) is 5.73 Å². The van der Waals surface area contributed by atoms with Gasteiger partial charge in [-0.2, -0.15) is 0 Å². The molecule has 0 radical (unpaired) electrons. The predicted octanol–water partition coefficient (Wildman–Crippen LogP) is 2.38. The maximum absolute atomic E-state index is 5.98. The third-order valence-electron chi connectivity index (χ3n) is 3.58. The maximum atomic E-state index is 5.98. The van der Waals surface area contributed by atoms with Crippen LogP contribution in [0.25, 0.3) is 0 Å². The second kappa shape index (κ2) is 5.72. The maximum Gasteiger partial charge on any atom is 0.0219 e. The quantitative estimate of drug-likeness (QED) is 0.751. The van der Waals surface area contributed by atoms with Crippen LogP contribution in [0.2, 0.25) is 0 Å². The Labute approximate surface area is 88.8 Å². The van der Waals surface area contributed by atoms with Crippen LogP contribution in [0.1, 0.15) is 52.9 Å². The number of likely N-dealkylation sites (tertiary alicyclic amines) is 1. The van der Waals surface area contributed by atoms with Gasteiger partial charge < -0.3 is 5.73 Å². The second-order valence-corrected chi connectivity index (χ2v) is 4.78. The van der Waals surface area contributed by atoms with Crippen molar-refractivity contribution < 1.29 is 0 Å². The lowest BCUT2D eigenvalue weighted by Crippen LogP contribution is -2.51. The molecule has 0 spiro atoms.